The summed E-state index contributed by atoms with van der Waals surface area (Å²) < 4.78 is 9.89. The van der Waals surface area contributed by atoms with Crippen molar-refractivity contribution in [2.75, 3.05) is 20.0 Å². The molecule has 1 aromatic rings. The van der Waals surface area contributed by atoms with E-state index in [2.05, 4.69) is 10.1 Å². The van der Waals surface area contributed by atoms with Crippen molar-refractivity contribution in [3.05, 3.63) is 29.8 Å². The van der Waals surface area contributed by atoms with E-state index >= 15 is 0 Å². The minimum Gasteiger partial charge on any atom is -0.497 e. The van der Waals surface area contributed by atoms with Crippen LogP contribution in [0.15, 0.2) is 24.3 Å². The maximum atomic E-state index is 12.4. The molecule has 26 heavy (non-hydrogen) atoms. The van der Waals surface area contributed by atoms with Crippen molar-refractivity contribution in [1.29, 1.82) is 0 Å². The van der Waals surface area contributed by atoms with Crippen LogP contribution in [0.2, 0.25) is 0 Å². The topological polar surface area (TPSA) is 67.9 Å². The lowest BCUT2D eigenvalue weighted by molar-refractivity contribution is -0.140. The molecule has 3 rings (SSSR count). The first-order valence-corrected chi connectivity index (χ1v) is 10.1. The molecule has 7 heteroatoms. The molecule has 0 saturated carbocycles. The monoisotopic (exact) mass is 378 g/mol. The van der Waals surface area contributed by atoms with Gasteiger partial charge in [-0.1, -0.05) is 18.6 Å². The molecule has 0 unspecified atom stereocenters. The predicted octanol–water partition coefficient (Wildman–Crippen LogP) is 2.81. The third-order valence-electron chi connectivity index (χ3n) is 5.07. The second-order valence-electron chi connectivity index (χ2n) is 6.72. The van der Waals surface area contributed by atoms with Crippen LogP contribution in [0, 0.1) is 0 Å². The summed E-state index contributed by atoms with van der Waals surface area (Å²) >= 11 is 1.93. The summed E-state index contributed by atoms with van der Waals surface area (Å²) in [4.78, 5) is 25.6. The van der Waals surface area contributed by atoms with Gasteiger partial charge < -0.3 is 19.7 Å². The first kappa shape index (κ1) is 18.9. The molecule has 1 N–H and O–H groups in total. The van der Waals surface area contributed by atoms with Gasteiger partial charge in [0.15, 0.2) is 0 Å². The molecule has 0 radical (unpaired) electrons. The molecule has 2 aliphatic rings. The molecule has 2 aliphatic heterocycles. The molecule has 6 nitrogen and oxygen atoms in total. The van der Waals surface area contributed by atoms with Crippen LogP contribution in [-0.2, 0) is 16.1 Å². The Hall–Kier alpha value is -1.89. The van der Waals surface area contributed by atoms with E-state index in [4.69, 9.17) is 4.74 Å². The number of carbonyl (C=O) groups is 2. The van der Waals surface area contributed by atoms with Gasteiger partial charge in [-0.15, -0.1) is 0 Å². The second kappa shape index (κ2) is 8.66. The number of amides is 2. The van der Waals surface area contributed by atoms with Gasteiger partial charge in [0, 0.05) is 24.0 Å². The fourth-order valence-electron chi connectivity index (χ4n) is 3.68. The first-order chi connectivity index (χ1) is 12.6. The third-order valence-corrected chi connectivity index (χ3v) is 6.57. The van der Waals surface area contributed by atoms with Crippen molar-refractivity contribution in [3.63, 3.8) is 0 Å². The summed E-state index contributed by atoms with van der Waals surface area (Å²) in [6.07, 6.45) is 3.28. The lowest BCUT2D eigenvalue weighted by Crippen LogP contribution is -2.40. The van der Waals surface area contributed by atoms with Crippen LogP contribution >= 0.6 is 11.8 Å². The van der Waals surface area contributed by atoms with Gasteiger partial charge in [-0.25, -0.2) is 4.79 Å². The van der Waals surface area contributed by atoms with Crippen molar-refractivity contribution in [1.82, 2.24) is 10.2 Å². The lowest BCUT2D eigenvalue weighted by atomic mass is 10.0. The summed E-state index contributed by atoms with van der Waals surface area (Å²) in [6.45, 7) is 0.607. The van der Waals surface area contributed by atoms with Crippen molar-refractivity contribution in [3.8, 4) is 5.75 Å². The molecule has 3 atom stereocenters. The van der Waals surface area contributed by atoms with Gasteiger partial charge in [0.1, 0.15) is 5.75 Å². The zero-order valence-electron chi connectivity index (χ0n) is 15.3. The largest absolute Gasteiger partial charge is 0.497 e. The maximum Gasteiger partial charge on any atom is 0.318 e. The van der Waals surface area contributed by atoms with Gasteiger partial charge in [0.2, 0.25) is 0 Å². The molecule has 0 aromatic heterocycles. The zero-order valence-corrected chi connectivity index (χ0v) is 16.1. The summed E-state index contributed by atoms with van der Waals surface area (Å²) in [7, 11) is 3.07. The fraction of sp³-hybridized carbons (Fsp3) is 0.579. The number of hydrogen-bond donors (Lipinski definition) is 1. The van der Waals surface area contributed by atoms with Gasteiger partial charge in [-0.2, -0.15) is 11.8 Å². The van der Waals surface area contributed by atoms with E-state index in [9.17, 15) is 9.59 Å². The smallest absolute Gasteiger partial charge is 0.318 e. The standard InChI is InChI=1S/C19H26N2O4S/c1-24-14-9-7-13(8-10-14)11-21-18-15(20-19(21)23)12-26-16(18)5-3-4-6-17(22)25-2/h7-10,15-16,18H,3-6,11-12H2,1-2H3,(H,20,23)/t15-,16-,18-/m1/s1. The summed E-state index contributed by atoms with van der Waals surface area (Å²) in [5.41, 5.74) is 1.10. The Balaban J connectivity index is 1.58. The number of carbonyl (C=O) groups excluding carboxylic acids is 2. The number of nitrogens with one attached hydrogen (secondary N) is 1. The molecular formula is C19H26N2O4S. The van der Waals surface area contributed by atoms with Crippen molar-refractivity contribution < 1.29 is 19.1 Å². The van der Waals surface area contributed by atoms with Crippen LogP contribution < -0.4 is 10.1 Å². The van der Waals surface area contributed by atoms with Crippen molar-refractivity contribution in [2.45, 2.75) is 49.6 Å². The molecule has 2 amide bonds. The second-order valence-corrected chi connectivity index (χ2v) is 7.99. The minimum absolute atomic E-state index is 0.0238. The van der Waals surface area contributed by atoms with E-state index in [0.29, 0.717) is 18.2 Å². The summed E-state index contributed by atoms with van der Waals surface area (Å²) in [5.74, 6) is 1.62. The van der Waals surface area contributed by atoms with E-state index in [0.717, 1.165) is 36.3 Å². The molecule has 0 bridgehead atoms. The average Bonchev–Trinajstić information content (AvgIpc) is 3.18. The molecule has 1 aromatic carbocycles. The molecule has 2 heterocycles. The van der Waals surface area contributed by atoms with Crippen LogP contribution in [-0.4, -0.2) is 54.2 Å². The lowest BCUT2D eigenvalue weighted by Gasteiger charge is -2.27. The van der Waals surface area contributed by atoms with Crippen LogP contribution in [0.4, 0.5) is 4.79 Å². The number of fused-ring (bicyclic) bond motifs is 1. The highest BCUT2D eigenvalue weighted by atomic mass is 32.2. The highest BCUT2D eigenvalue weighted by Gasteiger charge is 2.47. The number of ether oxygens (including phenoxy) is 2. The number of thioether (sulfide) groups is 1. The number of rotatable bonds is 8. The Kier molecular flexibility index (Phi) is 6.29. The summed E-state index contributed by atoms with van der Waals surface area (Å²) in [6, 6.07) is 8.32. The van der Waals surface area contributed by atoms with Gasteiger partial charge >= 0.3 is 12.0 Å². The van der Waals surface area contributed by atoms with E-state index < -0.39 is 0 Å². The van der Waals surface area contributed by atoms with Gasteiger partial charge in [-0.3, -0.25) is 4.79 Å². The van der Waals surface area contributed by atoms with E-state index in [1.807, 2.05) is 40.9 Å². The highest BCUT2D eigenvalue weighted by molar-refractivity contribution is 8.00. The van der Waals surface area contributed by atoms with E-state index in [-0.39, 0.29) is 24.1 Å². The Labute approximate surface area is 158 Å². The first-order valence-electron chi connectivity index (χ1n) is 9.01. The van der Waals surface area contributed by atoms with Crippen molar-refractivity contribution in [2.24, 2.45) is 0 Å². The van der Waals surface area contributed by atoms with Crippen LogP contribution in [0.25, 0.3) is 0 Å². The zero-order chi connectivity index (χ0) is 18.5. The van der Waals surface area contributed by atoms with Gasteiger partial charge in [-0.05, 0) is 30.5 Å². The third kappa shape index (κ3) is 4.26. The Morgan fingerprint density at radius 3 is 2.73 bits per heavy atom. The number of nitrogens with zero attached hydrogens (tertiary/aromatic N) is 1. The number of esters is 1. The molecule has 2 fully saturated rings. The Morgan fingerprint density at radius 2 is 2.04 bits per heavy atom. The van der Waals surface area contributed by atoms with Crippen molar-refractivity contribution >= 4 is 23.8 Å². The molecule has 0 aliphatic carbocycles. The number of methoxy groups -OCH3 is 2. The normalized spacial score (nSPS) is 24.3. The Morgan fingerprint density at radius 1 is 1.27 bits per heavy atom. The quantitative estimate of drug-likeness (QED) is 0.428. The average molecular weight is 378 g/mol. The molecule has 2 saturated heterocycles. The van der Waals surface area contributed by atoms with Crippen LogP contribution in [0.3, 0.4) is 0 Å². The number of unbranched alkanes of at least 4 members (excludes halogenated alkanes) is 1. The van der Waals surface area contributed by atoms with Crippen LogP contribution in [0.5, 0.6) is 5.75 Å². The van der Waals surface area contributed by atoms with Gasteiger partial charge in [0.05, 0.1) is 26.3 Å². The van der Waals surface area contributed by atoms with E-state index in [1.54, 1.807) is 7.11 Å². The number of hydrogen-bond acceptors (Lipinski definition) is 5. The van der Waals surface area contributed by atoms with Gasteiger partial charge in [0.25, 0.3) is 0 Å². The van der Waals surface area contributed by atoms with E-state index in [1.165, 1.54) is 7.11 Å². The SMILES string of the molecule is COC(=O)CCCC[C@H]1SC[C@H]2NC(=O)N(Cc3ccc(OC)cc3)[C@H]21. The fourth-order valence-corrected chi connectivity index (χ4v) is 5.28. The number of urea groups is 1. The van der Waals surface area contributed by atoms with Crippen LogP contribution in [0.1, 0.15) is 31.2 Å². The molecule has 0 spiro atoms. The highest BCUT2D eigenvalue weighted by Crippen LogP contribution is 2.38. The Bertz CT molecular complexity index is 637. The maximum absolute atomic E-state index is 12.4. The molecule has 142 valence electrons. The molecular weight excluding hydrogens is 352 g/mol. The predicted molar refractivity (Wildman–Crippen MR) is 101 cm³/mol. The summed E-state index contributed by atoms with van der Waals surface area (Å²) in [5, 5.41) is 3.54. The number of benzene rings is 1. The minimum atomic E-state index is -0.152.